The van der Waals surface area contributed by atoms with Gasteiger partial charge in [0.05, 0.1) is 0 Å². The number of nitrogen functional groups attached to an aromatic ring is 1. The highest BCUT2D eigenvalue weighted by molar-refractivity contribution is 7.99. The predicted molar refractivity (Wildman–Crippen MR) is 58.3 cm³/mol. The van der Waals surface area contributed by atoms with Crippen molar-refractivity contribution in [3.63, 3.8) is 0 Å². The Bertz CT molecular complexity index is 406. The van der Waals surface area contributed by atoms with Crippen LogP contribution in [0.2, 0.25) is 0 Å². The van der Waals surface area contributed by atoms with Gasteiger partial charge in [0.2, 0.25) is 0 Å². The minimum Gasteiger partial charge on any atom is -0.478 e. The minimum atomic E-state index is -1.07. The number of thioether (sulfide) groups is 1. The molecule has 15 heavy (non-hydrogen) atoms. The van der Waals surface area contributed by atoms with Gasteiger partial charge in [0, 0.05) is 21.9 Å². The molecule has 5 heteroatoms. The second kappa shape index (κ2) is 4.84. The molecule has 0 bridgehead atoms. The summed E-state index contributed by atoms with van der Waals surface area (Å²) in [6.45, 7) is 3.35. The molecule has 0 amide bonds. The molecule has 0 saturated carbocycles. The van der Waals surface area contributed by atoms with E-state index in [1.807, 2.05) is 0 Å². The summed E-state index contributed by atoms with van der Waals surface area (Å²) in [6, 6.07) is 4.28. The molecule has 1 aromatic rings. The van der Waals surface area contributed by atoms with Crippen LogP contribution in [0.25, 0.3) is 0 Å². The molecule has 0 radical (unpaired) electrons. The number of rotatable bonds is 4. The zero-order valence-electron chi connectivity index (χ0n) is 7.87. The van der Waals surface area contributed by atoms with Crippen molar-refractivity contribution in [2.24, 2.45) is 0 Å². The molecule has 0 aliphatic carbocycles. The molecule has 1 rings (SSSR count). The average Bonchev–Trinajstić information content (AvgIpc) is 2.15. The summed E-state index contributed by atoms with van der Waals surface area (Å²) in [5, 5.41) is 8.55. The molecule has 0 fully saturated rings. The zero-order chi connectivity index (χ0) is 11.4. The summed E-state index contributed by atoms with van der Waals surface area (Å²) in [7, 11) is 0. The fourth-order valence-corrected chi connectivity index (χ4v) is 1.68. The third kappa shape index (κ3) is 3.28. The Hall–Kier alpha value is -1.49. The lowest BCUT2D eigenvalue weighted by Crippen LogP contribution is -2.01. The molecular formula is C10H10FNO2S. The van der Waals surface area contributed by atoms with E-state index in [1.165, 1.54) is 12.1 Å². The fourth-order valence-electron chi connectivity index (χ4n) is 0.861. The summed E-state index contributed by atoms with van der Waals surface area (Å²) in [6.07, 6.45) is 0. The van der Waals surface area contributed by atoms with Gasteiger partial charge in [-0.1, -0.05) is 6.58 Å². The molecular weight excluding hydrogens is 217 g/mol. The first-order valence-corrected chi connectivity index (χ1v) is 5.08. The van der Waals surface area contributed by atoms with Crippen molar-refractivity contribution in [1.29, 1.82) is 0 Å². The molecule has 3 N–H and O–H groups in total. The van der Waals surface area contributed by atoms with E-state index in [-0.39, 0.29) is 11.3 Å². The van der Waals surface area contributed by atoms with Gasteiger partial charge < -0.3 is 10.8 Å². The molecule has 80 valence electrons. The van der Waals surface area contributed by atoms with E-state index in [4.69, 9.17) is 10.8 Å². The van der Waals surface area contributed by atoms with Gasteiger partial charge >= 0.3 is 5.97 Å². The highest BCUT2D eigenvalue weighted by atomic mass is 32.2. The highest BCUT2D eigenvalue weighted by Crippen LogP contribution is 2.24. The van der Waals surface area contributed by atoms with E-state index in [0.717, 1.165) is 11.8 Å². The molecule has 0 saturated heterocycles. The second-order valence-corrected chi connectivity index (χ2v) is 3.90. The lowest BCUT2D eigenvalue weighted by Gasteiger charge is -2.03. The predicted octanol–water partition coefficient (Wildman–Crippen LogP) is 2.14. The van der Waals surface area contributed by atoms with Gasteiger partial charge in [0.15, 0.2) is 0 Å². The highest BCUT2D eigenvalue weighted by Gasteiger charge is 2.07. The molecule has 0 aromatic heterocycles. The molecule has 0 spiro atoms. The lowest BCUT2D eigenvalue weighted by molar-refractivity contribution is -0.132. The van der Waals surface area contributed by atoms with Crippen LogP contribution in [0.4, 0.5) is 10.1 Å². The maximum Gasteiger partial charge on any atom is 0.331 e. The van der Waals surface area contributed by atoms with Crippen LogP contribution in [0.1, 0.15) is 0 Å². The summed E-state index contributed by atoms with van der Waals surface area (Å²) >= 11 is 1.08. The molecule has 0 aliphatic heterocycles. The van der Waals surface area contributed by atoms with Crippen molar-refractivity contribution in [3.8, 4) is 0 Å². The maximum absolute atomic E-state index is 13.2. The number of hydrogen-bond donors (Lipinski definition) is 2. The van der Waals surface area contributed by atoms with Crippen LogP contribution >= 0.6 is 11.8 Å². The largest absolute Gasteiger partial charge is 0.478 e. The standard InChI is InChI=1S/C10H10FNO2S/c1-6(10(13)14)5-15-9-3-2-7(12)4-8(9)11/h2-4H,1,5,12H2,(H,13,14). The van der Waals surface area contributed by atoms with Crippen LogP contribution in [0, 0.1) is 5.82 Å². The van der Waals surface area contributed by atoms with Crippen molar-refractivity contribution in [2.45, 2.75) is 4.90 Å². The number of anilines is 1. The first-order valence-electron chi connectivity index (χ1n) is 4.09. The Kier molecular flexibility index (Phi) is 3.74. The van der Waals surface area contributed by atoms with Crippen molar-refractivity contribution >= 4 is 23.4 Å². The van der Waals surface area contributed by atoms with Gasteiger partial charge in [0.25, 0.3) is 0 Å². The number of nitrogens with two attached hydrogens (primary N) is 1. The lowest BCUT2D eigenvalue weighted by atomic mass is 10.3. The third-order valence-electron chi connectivity index (χ3n) is 1.66. The number of carboxylic acids is 1. The van der Waals surface area contributed by atoms with E-state index in [2.05, 4.69) is 6.58 Å². The molecule has 0 aliphatic rings. The number of carbonyl (C=O) groups is 1. The van der Waals surface area contributed by atoms with E-state index < -0.39 is 11.8 Å². The second-order valence-electron chi connectivity index (χ2n) is 2.89. The Morgan fingerprint density at radius 1 is 1.60 bits per heavy atom. The molecule has 0 atom stereocenters. The number of halogens is 1. The van der Waals surface area contributed by atoms with Crippen molar-refractivity contribution in [2.75, 3.05) is 11.5 Å². The summed E-state index contributed by atoms with van der Waals surface area (Å²) < 4.78 is 13.2. The monoisotopic (exact) mass is 227 g/mol. The molecule has 3 nitrogen and oxygen atoms in total. The van der Waals surface area contributed by atoms with E-state index in [9.17, 15) is 9.18 Å². The number of carboxylic acid groups (broad SMARTS) is 1. The maximum atomic E-state index is 13.2. The van der Waals surface area contributed by atoms with Crippen LogP contribution < -0.4 is 5.73 Å². The van der Waals surface area contributed by atoms with Gasteiger partial charge in [-0.25, -0.2) is 9.18 Å². The first-order chi connectivity index (χ1) is 7.00. The number of benzene rings is 1. The minimum absolute atomic E-state index is 0.0382. The van der Waals surface area contributed by atoms with Gasteiger partial charge in [-0.15, -0.1) is 11.8 Å². The van der Waals surface area contributed by atoms with Crippen LogP contribution in [0.5, 0.6) is 0 Å². The first kappa shape index (κ1) is 11.6. The van der Waals surface area contributed by atoms with Crippen molar-refractivity contribution < 1.29 is 14.3 Å². The Morgan fingerprint density at radius 3 is 2.80 bits per heavy atom. The van der Waals surface area contributed by atoms with Crippen LogP contribution in [-0.2, 0) is 4.79 Å². The van der Waals surface area contributed by atoms with Crippen LogP contribution in [-0.4, -0.2) is 16.8 Å². The Labute approximate surface area is 90.8 Å². The van der Waals surface area contributed by atoms with Crippen LogP contribution in [0.15, 0.2) is 35.2 Å². The van der Waals surface area contributed by atoms with Crippen molar-refractivity contribution in [3.05, 3.63) is 36.2 Å². The summed E-state index contributed by atoms with van der Waals surface area (Å²) in [4.78, 5) is 10.8. The van der Waals surface area contributed by atoms with E-state index in [1.54, 1.807) is 6.07 Å². The zero-order valence-corrected chi connectivity index (χ0v) is 8.68. The van der Waals surface area contributed by atoms with E-state index >= 15 is 0 Å². The van der Waals surface area contributed by atoms with Crippen LogP contribution in [0.3, 0.4) is 0 Å². The smallest absolute Gasteiger partial charge is 0.331 e. The SMILES string of the molecule is C=C(CSc1ccc(N)cc1F)C(=O)O. The number of aliphatic carboxylic acids is 1. The quantitative estimate of drug-likeness (QED) is 0.470. The number of hydrogen-bond acceptors (Lipinski definition) is 3. The average molecular weight is 227 g/mol. The normalized spacial score (nSPS) is 9.93. The Balaban J connectivity index is 2.66. The van der Waals surface area contributed by atoms with E-state index in [0.29, 0.717) is 10.6 Å². The third-order valence-corrected chi connectivity index (χ3v) is 2.80. The summed E-state index contributed by atoms with van der Waals surface area (Å²) in [5.41, 5.74) is 5.75. The molecule has 0 unspecified atom stereocenters. The topological polar surface area (TPSA) is 63.3 Å². The Morgan fingerprint density at radius 2 is 2.27 bits per heavy atom. The van der Waals surface area contributed by atoms with Gasteiger partial charge in [-0.05, 0) is 18.2 Å². The van der Waals surface area contributed by atoms with Crippen molar-refractivity contribution in [1.82, 2.24) is 0 Å². The van der Waals surface area contributed by atoms with Gasteiger partial charge in [0.1, 0.15) is 5.82 Å². The van der Waals surface area contributed by atoms with Gasteiger partial charge in [-0.3, -0.25) is 0 Å². The summed E-state index contributed by atoms with van der Waals surface area (Å²) in [5.74, 6) is -1.37. The molecule has 1 aromatic carbocycles. The fraction of sp³-hybridized carbons (Fsp3) is 0.100. The molecule has 0 heterocycles. The van der Waals surface area contributed by atoms with Gasteiger partial charge in [-0.2, -0.15) is 0 Å².